The van der Waals surface area contributed by atoms with Gasteiger partial charge in [0.25, 0.3) is 0 Å². The summed E-state index contributed by atoms with van der Waals surface area (Å²) >= 11 is 0. The lowest BCUT2D eigenvalue weighted by atomic mass is 9.62. The number of hydrogen-bond donors (Lipinski definition) is 0. The van der Waals surface area contributed by atoms with Crippen LogP contribution in [0.5, 0.6) is 0 Å². The highest BCUT2D eigenvalue weighted by atomic mass is 16.5. The SMILES string of the molecule is COC(=O)C1=CC=CC2=C(CCC(C)[C@]2(C)CCC2=CCC=C2)C1. The predicted molar refractivity (Wildman–Crippen MR) is 98.5 cm³/mol. The van der Waals surface area contributed by atoms with Crippen molar-refractivity contribution in [3.8, 4) is 0 Å². The number of ether oxygens (including phenoxy) is 1. The van der Waals surface area contributed by atoms with Crippen molar-refractivity contribution in [1.82, 2.24) is 0 Å². The third-order valence-electron chi connectivity index (χ3n) is 6.16. The molecule has 0 aromatic heterocycles. The molecule has 0 saturated carbocycles. The van der Waals surface area contributed by atoms with E-state index in [1.165, 1.54) is 36.7 Å². The molecular weight excluding hydrogens is 296 g/mol. The molecule has 0 aromatic carbocycles. The van der Waals surface area contributed by atoms with Gasteiger partial charge < -0.3 is 4.74 Å². The number of rotatable bonds is 4. The fourth-order valence-corrected chi connectivity index (χ4v) is 4.30. The van der Waals surface area contributed by atoms with Crippen LogP contribution in [0.25, 0.3) is 0 Å². The highest BCUT2D eigenvalue weighted by Gasteiger charge is 2.39. The van der Waals surface area contributed by atoms with Crippen molar-refractivity contribution in [2.24, 2.45) is 11.3 Å². The summed E-state index contributed by atoms with van der Waals surface area (Å²) in [6, 6.07) is 0. The predicted octanol–water partition coefficient (Wildman–Crippen LogP) is 5.45. The minimum Gasteiger partial charge on any atom is -0.466 e. The van der Waals surface area contributed by atoms with E-state index in [0.717, 1.165) is 31.3 Å². The van der Waals surface area contributed by atoms with E-state index < -0.39 is 0 Å². The van der Waals surface area contributed by atoms with Crippen LogP contribution in [-0.2, 0) is 9.53 Å². The van der Waals surface area contributed by atoms with E-state index in [0.29, 0.717) is 5.92 Å². The summed E-state index contributed by atoms with van der Waals surface area (Å²) in [6.07, 6.45) is 19.5. The summed E-state index contributed by atoms with van der Waals surface area (Å²) in [4.78, 5) is 12.0. The van der Waals surface area contributed by atoms with Crippen LogP contribution in [-0.4, -0.2) is 13.1 Å². The molecule has 3 rings (SSSR count). The molecule has 24 heavy (non-hydrogen) atoms. The molecule has 0 spiro atoms. The maximum Gasteiger partial charge on any atom is 0.334 e. The molecule has 128 valence electrons. The van der Waals surface area contributed by atoms with Crippen molar-refractivity contribution in [1.29, 1.82) is 0 Å². The molecule has 2 atom stereocenters. The van der Waals surface area contributed by atoms with Gasteiger partial charge in [-0.05, 0) is 49.0 Å². The Morgan fingerprint density at radius 2 is 2.21 bits per heavy atom. The van der Waals surface area contributed by atoms with E-state index in [-0.39, 0.29) is 11.4 Å². The van der Waals surface area contributed by atoms with E-state index in [1.54, 1.807) is 0 Å². The van der Waals surface area contributed by atoms with Gasteiger partial charge >= 0.3 is 5.97 Å². The second kappa shape index (κ2) is 6.96. The largest absolute Gasteiger partial charge is 0.466 e. The molecule has 0 fully saturated rings. The standard InChI is InChI=1S/C22H28O2/c1-16-11-12-18-15-19(21(23)24-3)9-6-10-20(18)22(16,2)14-13-17-7-4-5-8-17/h4,6-10,16H,5,11-15H2,1-3H3/t16?,22-/m0/s1. The Bertz CT molecular complexity index is 672. The van der Waals surface area contributed by atoms with E-state index >= 15 is 0 Å². The van der Waals surface area contributed by atoms with Gasteiger partial charge in [-0.2, -0.15) is 0 Å². The highest BCUT2D eigenvalue weighted by molar-refractivity contribution is 5.89. The topological polar surface area (TPSA) is 26.3 Å². The van der Waals surface area contributed by atoms with Gasteiger partial charge in [0.1, 0.15) is 0 Å². The Kier molecular flexibility index (Phi) is 4.93. The normalized spacial score (nSPS) is 29.0. The maximum absolute atomic E-state index is 12.0. The van der Waals surface area contributed by atoms with Crippen molar-refractivity contribution < 1.29 is 9.53 Å². The van der Waals surface area contributed by atoms with Crippen molar-refractivity contribution in [2.75, 3.05) is 7.11 Å². The molecule has 0 N–H and O–H groups in total. The van der Waals surface area contributed by atoms with E-state index in [1.807, 2.05) is 12.2 Å². The minimum atomic E-state index is -0.199. The van der Waals surface area contributed by atoms with E-state index in [9.17, 15) is 4.79 Å². The number of methoxy groups -OCH3 is 1. The first-order chi connectivity index (χ1) is 11.5. The smallest absolute Gasteiger partial charge is 0.334 e. The number of hydrogen-bond acceptors (Lipinski definition) is 2. The molecule has 2 heteroatoms. The Morgan fingerprint density at radius 3 is 2.92 bits per heavy atom. The lowest BCUT2D eigenvalue weighted by molar-refractivity contribution is -0.136. The van der Waals surface area contributed by atoms with Gasteiger partial charge in [-0.15, -0.1) is 0 Å². The third kappa shape index (κ3) is 3.19. The van der Waals surface area contributed by atoms with Gasteiger partial charge in [-0.25, -0.2) is 4.79 Å². The Hall–Kier alpha value is -1.83. The number of carbonyl (C=O) groups excluding carboxylic acids is 1. The van der Waals surface area contributed by atoms with Gasteiger partial charge in [0.05, 0.1) is 7.11 Å². The maximum atomic E-state index is 12.0. The van der Waals surface area contributed by atoms with Crippen LogP contribution in [0.3, 0.4) is 0 Å². The van der Waals surface area contributed by atoms with Crippen LogP contribution in [0.2, 0.25) is 0 Å². The fourth-order valence-electron chi connectivity index (χ4n) is 4.30. The molecule has 0 amide bonds. The van der Waals surface area contributed by atoms with Crippen LogP contribution in [0, 0.1) is 11.3 Å². The molecule has 0 radical (unpaired) electrons. The molecule has 0 bridgehead atoms. The lowest BCUT2D eigenvalue weighted by Gasteiger charge is -2.43. The number of esters is 1. The molecule has 0 saturated heterocycles. The van der Waals surface area contributed by atoms with Crippen molar-refractivity contribution in [2.45, 2.75) is 52.4 Å². The first-order valence-corrected chi connectivity index (χ1v) is 9.08. The Morgan fingerprint density at radius 1 is 1.38 bits per heavy atom. The summed E-state index contributed by atoms with van der Waals surface area (Å²) in [5.74, 6) is 0.460. The summed E-state index contributed by atoms with van der Waals surface area (Å²) in [6.45, 7) is 4.80. The first-order valence-electron chi connectivity index (χ1n) is 9.08. The number of carbonyl (C=O) groups is 1. The van der Waals surface area contributed by atoms with Crippen molar-refractivity contribution in [3.63, 3.8) is 0 Å². The van der Waals surface area contributed by atoms with Gasteiger partial charge in [0, 0.05) is 12.0 Å². The Balaban J connectivity index is 1.86. The number of allylic oxidation sites excluding steroid dienone is 9. The summed E-state index contributed by atoms with van der Waals surface area (Å²) in [7, 11) is 1.46. The van der Waals surface area contributed by atoms with Crippen molar-refractivity contribution in [3.05, 3.63) is 58.7 Å². The summed E-state index contributed by atoms with van der Waals surface area (Å²) in [5.41, 5.74) is 5.32. The van der Waals surface area contributed by atoms with Crippen LogP contribution < -0.4 is 0 Å². The molecule has 3 aliphatic rings. The van der Waals surface area contributed by atoms with E-state index in [2.05, 4.69) is 38.2 Å². The van der Waals surface area contributed by atoms with Crippen molar-refractivity contribution >= 4 is 5.97 Å². The van der Waals surface area contributed by atoms with Crippen LogP contribution >= 0.6 is 0 Å². The quantitative estimate of drug-likeness (QED) is 0.643. The molecular formula is C22H28O2. The lowest BCUT2D eigenvalue weighted by Crippen LogP contribution is -2.32. The van der Waals surface area contributed by atoms with Crippen LogP contribution in [0.15, 0.2) is 58.7 Å². The highest BCUT2D eigenvalue weighted by Crippen LogP contribution is 2.50. The van der Waals surface area contributed by atoms with Gasteiger partial charge in [0.2, 0.25) is 0 Å². The minimum absolute atomic E-state index is 0.181. The van der Waals surface area contributed by atoms with Crippen LogP contribution in [0.4, 0.5) is 0 Å². The molecule has 0 aromatic rings. The second-order valence-corrected chi connectivity index (χ2v) is 7.51. The van der Waals surface area contributed by atoms with Gasteiger partial charge in [-0.1, -0.05) is 61.4 Å². The zero-order chi connectivity index (χ0) is 17.2. The van der Waals surface area contributed by atoms with Gasteiger partial charge in [-0.3, -0.25) is 0 Å². The average molecular weight is 324 g/mol. The molecule has 0 heterocycles. The summed E-state index contributed by atoms with van der Waals surface area (Å²) < 4.78 is 4.93. The molecule has 3 aliphatic carbocycles. The third-order valence-corrected chi connectivity index (χ3v) is 6.16. The zero-order valence-electron chi connectivity index (χ0n) is 15.1. The molecule has 2 nitrogen and oxygen atoms in total. The first kappa shape index (κ1) is 17.0. The second-order valence-electron chi connectivity index (χ2n) is 7.51. The average Bonchev–Trinajstić information content (AvgIpc) is 3.01. The Labute approximate surface area is 145 Å². The van der Waals surface area contributed by atoms with E-state index in [4.69, 9.17) is 4.74 Å². The summed E-state index contributed by atoms with van der Waals surface area (Å²) in [5, 5.41) is 0. The monoisotopic (exact) mass is 324 g/mol. The zero-order valence-corrected chi connectivity index (χ0v) is 15.1. The molecule has 0 aliphatic heterocycles. The van der Waals surface area contributed by atoms with Crippen LogP contribution in [0.1, 0.15) is 52.4 Å². The molecule has 1 unspecified atom stereocenters. The fraction of sp³-hybridized carbons (Fsp3) is 0.500. The van der Waals surface area contributed by atoms with Gasteiger partial charge in [0.15, 0.2) is 0 Å².